The number of benzene rings is 11. The van der Waals surface area contributed by atoms with Gasteiger partial charge in [0.2, 0.25) is 0 Å². The molecule has 0 aliphatic carbocycles. The van der Waals surface area contributed by atoms with Crippen LogP contribution in [0.15, 0.2) is 229 Å². The molecule has 0 saturated heterocycles. The summed E-state index contributed by atoms with van der Waals surface area (Å²) >= 11 is 0. The lowest BCUT2D eigenvalue weighted by Gasteiger charge is -2.29. The van der Waals surface area contributed by atoms with E-state index in [4.69, 9.17) is 4.42 Å². The van der Waals surface area contributed by atoms with Crippen molar-refractivity contribution in [3.8, 4) is 33.4 Å². The van der Waals surface area contributed by atoms with Gasteiger partial charge in [-0.1, -0.05) is 188 Å². The molecule has 2 heteroatoms. The predicted molar refractivity (Wildman–Crippen MR) is 255 cm³/mol. The average molecular weight is 764 g/mol. The van der Waals surface area contributed by atoms with Crippen molar-refractivity contribution >= 4 is 82.1 Å². The second-order valence-electron chi connectivity index (χ2n) is 15.6. The number of nitrogens with zero attached hydrogens (tertiary/aromatic N) is 1. The third-order valence-electron chi connectivity index (χ3n) is 12.2. The van der Waals surface area contributed by atoms with Gasteiger partial charge in [-0.3, -0.25) is 0 Å². The van der Waals surface area contributed by atoms with Gasteiger partial charge in [-0.25, -0.2) is 0 Å². The third-order valence-corrected chi connectivity index (χ3v) is 12.2. The fourth-order valence-electron chi connectivity index (χ4n) is 9.54. The molecule has 0 radical (unpaired) electrons. The van der Waals surface area contributed by atoms with E-state index >= 15 is 0 Å². The van der Waals surface area contributed by atoms with Crippen LogP contribution in [0.25, 0.3) is 98.4 Å². The van der Waals surface area contributed by atoms with Gasteiger partial charge in [0.15, 0.2) is 0 Å². The van der Waals surface area contributed by atoms with Gasteiger partial charge in [0.1, 0.15) is 11.2 Å². The van der Waals surface area contributed by atoms with E-state index in [9.17, 15) is 0 Å². The van der Waals surface area contributed by atoms with Crippen molar-refractivity contribution in [2.24, 2.45) is 0 Å². The molecular formula is C58H37NO. The summed E-state index contributed by atoms with van der Waals surface area (Å²) in [5.74, 6) is 0. The molecule has 0 aliphatic rings. The fraction of sp³-hybridized carbons (Fsp3) is 0. The summed E-state index contributed by atoms with van der Waals surface area (Å²) in [5.41, 5.74) is 12.1. The Morgan fingerprint density at radius 1 is 0.300 bits per heavy atom. The molecule has 0 fully saturated rings. The molecule has 60 heavy (non-hydrogen) atoms. The molecule has 1 heterocycles. The normalized spacial score (nSPS) is 11.7. The summed E-state index contributed by atoms with van der Waals surface area (Å²) in [6.07, 6.45) is 0. The van der Waals surface area contributed by atoms with E-state index in [1.54, 1.807) is 0 Å². The Hall–Kier alpha value is -7.94. The van der Waals surface area contributed by atoms with Crippen LogP contribution in [0.4, 0.5) is 17.1 Å². The van der Waals surface area contributed by atoms with Crippen molar-refractivity contribution in [2.75, 3.05) is 4.90 Å². The van der Waals surface area contributed by atoms with E-state index in [0.29, 0.717) is 0 Å². The van der Waals surface area contributed by atoms with E-state index in [1.807, 2.05) is 12.1 Å². The Morgan fingerprint density at radius 3 is 1.57 bits per heavy atom. The van der Waals surface area contributed by atoms with E-state index in [2.05, 4.69) is 217 Å². The van der Waals surface area contributed by atoms with Crippen LogP contribution < -0.4 is 4.90 Å². The van der Waals surface area contributed by atoms with Crippen LogP contribution in [0.5, 0.6) is 0 Å². The minimum Gasteiger partial charge on any atom is -0.455 e. The number of anilines is 3. The molecule has 0 spiro atoms. The maximum atomic E-state index is 6.49. The fourth-order valence-corrected chi connectivity index (χ4v) is 9.54. The lowest BCUT2D eigenvalue weighted by Crippen LogP contribution is -2.11. The molecular weight excluding hydrogens is 727 g/mol. The molecule has 0 aliphatic heterocycles. The molecule has 0 N–H and O–H groups in total. The smallest absolute Gasteiger partial charge is 0.143 e. The van der Waals surface area contributed by atoms with Crippen LogP contribution in [0.1, 0.15) is 0 Å². The Kier molecular flexibility index (Phi) is 7.89. The largest absolute Gasteiger partial charge is 0.455 e. The zero-order valence-electron chi connectivity index (χ0n) is 32.7. The highest BCUT2D eigenvalue weighted by Crippen LogP contribution is 2.48. The zero-order chi connectivity index (χ0) is 39.6. The lowest BCUT2D eigenvalue weighted by atomic mass is 9.85. The number of fused-ring (bicyclic) bond motifs is 9. The topological polar surface area (TPSA) is 16.4 Å². The maximum Gasteiger partial charge on any atom is 0.143 e. The van der Waals surface area contributed by atoms with E-state index in [1.165, 1.54) is 65.3 Å². The van der Waals surface area contributed by atoms with Gasteiger partial charge in [0.05, 0.1) is 5.69 Å². The monoisotopic (exact) mass is 763 g/mol. The molecule has 2 nitrogen and oxygen atoms in total. The van der Waals surface area contributed by atoms with E-state index < -0.39 is 0 Å². The highest BCUT2D eigenvalue weighted by atomic mass is 16.3. The Balaban J connectivity index is 1.14. The highest BCUT2D eigenvalue weighted by Gasteiger charge is 2.22. The van der Waals surface area contributed by atoms with Crippen molar-refractivity contribution in [3.63, 3.8) is 0 Å². The van der Waals surface area contributed by atoms with Gasteiger partial charge in [0, 0.05) is 33.1 Å². The first-order valence-electron chi connectivity index (χ1n) is 20.6. The quantitative estimate of drug-likeness (QED) is 0.157. The first-order valence-corrected chi connectivity index (χ1v) is 20.6. The molecule has 280 valence electrons. The first-order chi connectivity index (χ1) is 29.8. The van der Waals surface area contributed by atoms with E-state index in [-0.39, 0.29) is 0 Å². The molecule has 0 unspecified atom stereocenters. The zero-order valence-corrected chi connectivity index (χ0v) is 32.7. The predicted octanol–water partition coefficient (Wildman–Crippen LogP) is 16.7. The Morgan fingerprint density at radius 2 is 0.833 bits per heavy atom. The molecule has 0 amide bonds. The summed E-state index contributed by atoms with van der Waals surface area (Å²) in [6.45, 7) is 0. The van der Waals surface area contributed by atoms with Gasteiger partial charge in [-0.2, -0.15) is 0 Å². The maximum absolute atomic E-state index is 6.49. The number of rotatable bonds is 6. The van der Waals surface area contributed by atoms with Gasteiger partial charge >= 0.3 is 0 Å². The summed E-state index contributed by atoms with van der Waals surface area (Å²) in [5, 5.41) is 12.1. The SMILES string of the molecule is c1ccc(-c2c(-c3ccccc3)c3cc(N(c4ccc(-c5cccc6c5oc5ccccc56)cc4)c4cc5ccccc5c5ccccc45)ccc3c3ccccc23)cc1. The number of hydrogen-bond donors (Lipinski definition) is 0. The van der Waals surface area contributed by atoms with Crippen molar-refractivity contribution in [1.29, 1.82) is 0 Å². The van der Waals surface area contributed by atoms with E-state index in [0.717, 1.165) is 50.1 Å². The molecule has 0 atom stereocenters. The highest BCUT2D eigenvalue weighted by molar-refractivity contribution is 6.23. The molecule has 12 aromatic rings. The molecule has 11 aromatic carbocycles. The van der Waals surface area contributed by atoms with Gasteiger partial charge in [-0.05, 0) is 102 Å². The van der Waals surface area contributed by atoms with Crippen LogP contribution in [-0.2, 0) is 0 Å². The van der Waals surface area contributed by atoms with Crippen molar-refractivity contribution in [1.82, 2.24) is 0 Å². The second-order valence-corrected chi connectivity index (χ2v) is 15.6. The Bertz CT molecular complexity index is 3590. The van der Waals surface area contributed by atoms with Gasteiger partial charge in [0.25, 0.3) is 0 Å². The van der Waals surface area contributed by atoms with Crippen LogP contribution >= 0.6 is 0 Å². The summed E-state index contributed by atoms with van der Waals surface area (Å²) in [7, 11) is 0. The van der Waals surface area contributed by atoms with Crippen LogP contribution in [0.2, 0.25) is 0 Å². The minimum absolute atomic E-state index is 0.903. The molecule has 0 bridgehead atoms. The summed E-state index contributed by atoms with van der Waals surface area (Å²) in [4.78, 5) is 2.45. The summed E-state index contributed by atoms with van der Waals surface area (Å²) < 4.78 is 6.49. The lowest BCUT2D eigenvalue weighted by molar-refractivity contribution is 0.670. The third kappa shape index (κ3) is 5.42. The summed E-state index contributed by atoms with van der Waals surface area (Å²) in [6, 6.07) is 81.4. The standard InChI is InChI=1S/C58H37NO/c1-3-16-39(17-4-1)56-51-26-12-10-23-47(51)48-35-34-43(37-53(48)57(56)40-18-5-2-6-19-40)59(54-36-41-20-7-8-21-44(41)46-22-9-11-24-49(46)54)42-32-30-38(31-33-42)45-27-15-28-52-50-25-13-14-29-55(50)60-58(45)52/h1-37H. The number of hydrogen-bond acceptors (Lipinski definition) is 2. The second kappa shape index (κ2) is 13.9. The number of furan rings is 1. The Labute approximate surface area is 347 Å². The van der Waals surface area contributed by atoms with Crippen molar-refractivity contribution < 1.29 is 4.42 Å². The molecule has 12 rings (SSSR count). The van der Waals surface area contributed by atoms with Crippen LogP contribution in [0.3, 0.4) is 0 Å². The minimum atomic E-state index is 0.903. The molecule has 0 saturated carbocycles. The number of para-hydroxylation sites is 2. The first kappa shape index (κ1) is 34.1. The van der Waals surface area contributed by atoms with Crippen molar-refractivity contribution in [3.05, 3.63) is 224 Å². The van der Waals surface area contributed by atoms with Crippen LogP contribution in [0, 0.1) is 0 Å². The van der Waals surface area contributed by atoms with Gasteiger partial charge < -0.3 is 9.32 Å². The average Bonchev–Trinajstić information content (AvgIpc) is 3.71. The molecule has 1 aromatic heterocycles. The van der Waals surface area contributed by atoms with Crippen molar-refractivity contribution in [2.45, 2.75) is 0 Å². The van der Waals surface area contributed by atoms with Gasteiger partial charge in [-0.15, -0.1) is 0 Å². The van der Waals surface area contributed by atoms with Crippen LogP contribution in [-0.4, -0.2) is 0 Å².